The minimum atomic E-state index is -0.412. The van der Waals surface area contributed by atoms with Crippen LogP contribution in [0.3, 0.4) is 0 Å². The zero-order chi connectivity index (χ0) is 13.0. The molecule has 0 aliphatic carbocycles. The molecule has 0 heterocycles. The minimum absolute atomic E-state index is 0.315. The second-order valence-corrected chi connectivity index (χ2v) is 4.08. The summed E-state index contributed by atoms with van der Waals surface area (Å²) in [4.78, 5) is 11.4. The number of hydrogen-bond donors (Lipinski definition) is 0. The van der Waals surface area contributed by atoms with Crippen LogP contribution >= 0.6 is 0 Å². The predicted octanol–water partition coefficient (Wildman–Crippen LogP) is 3.00. The van der Waals surface area contributed by atoms with E-state index in [9.17, 15) is 4.79 Å². The molecular formula is C14H18O3. The van der Waals surface area contributed by atoms with Gasteiger partial charge in [-0.15, -0.1) is 0 Å². The van der Waals surface area contributed by atoms with Gasteiger partial charge in [0.1, 0.15) is 5.75 Å². The summed E-state index contributed by atoms with van der Waals surface area (Å²) in [5, 5.41) is 0. The minimum Gasteiger partial charge on any atom is -0.496 e. The van der Waals surface area contributed by atoms with Gasteiger partial charge in [-0.2, -0.15) is 0 Å². The molecule has 0 N–H and O–H groups in total. The van der Waals surface area contributed by atoms with Crippen molar-refractivity contribution < 1.29 is 14.3 Å². The van der Waals surface area contributed by atoms with Crippen molar-refractivity contribution in [3.8, 4) is 5.75 Å². The first-order valence-corrected chi connectivity index (χ1v) is 5.46. The Labute approximate surface area is 102 Å². The maximum absolute atomic E-state index is 11.4. The molecule has 0 saturated heterocycles. The second-order valence-electron chi connectivity index (χ2n) is 4.08. The lowest BCUT2D eigenvalue weighted by molar-refractivity contribution is -0.133. The van der Waals surface area contributed by atoms with Gasteiger partial charge in [-0.05, 0) is 29.2 Å². The Hall–Kier alpha value is -1.77. The van der Waals surface area contributed by atoms with Gasteiger partial charge in [0.2, 0.25) is 0 Å². The van der Waals surface area contributed by atoms with Crippen LogP contribution in [-0.4, -0.2) is 20.2 Å². The third kappa shape index (κ3) is 2.87. The molecule has 0 radical (unpaired) electrons. The average molecular weight is 234 g/mol. The number of methoxy groups -OCH3 is 2. The van der Waals surface area contributed by atoms with Crippen LogP contribution in [-0.2, 0) is 9.53 Å². The van der Waals surface area contributed by atoms with E-state index in [-0.39, 0.29) is 0 Å². The van der Waals surface area contributed by atoms with Gasteiger partial charge >= 0.3 is 5.97 Å². The maximum atomic E-state index is 11.4. The van der Waals surface area contributed by atoms with E-state index in [0.717, 1.165) is 16.9 Å². The van der Waals surface area contributed by atoms with Gasteiger partial charge in [-0.25, -0.2) is 4.79 Å². The maximum Gasteiger partial charge on any atom is 0.337 e. The van der Waals surface area contributed by atoms with Crippen LogP contribution in [0.25, 0.3) is 5.57 Å². The standard InChI is InChI=1S/C14H18O3/c1-9(2)12-8-11(6-7-13(12)16-4)10(3)14(15)17-5/h6-9H,3H2,1-2,4-5H3. The molecule has 0 atom stereocenters. The molecule has 0 aliphatic heterocycles. The second kappa shape index (κ2) is 5.53. The van der Waals surface area contributed by atoms with E-state index in [2.05, 4.69) is 25.2 Å². The Bertz CT molecular complexity index is 433. The van der Waals surface area contributed by atoms with Crippen molar-refractivity contribution in [2.45, 2.75) is 19.8 Å². The van der Waals surface area contributed by atoms with Crippen LogP contribution in [0.1, 0.15) is 30.9 Å². The average Bonchev–Trinajstić information content (AvgIpc) is 2.35. The fourth-order valence-electron chi connectivity index (χ4n) is 1.61. The first-order chi connectivity index (χ1) is 8.01. The number of hydrogen-bond acceptors (Lipinski definition) is 3. The molecule has 3 nitrogen and oxygen atoms in total. The Morgan fingerprint density at radius 1 is 1.29 bits per heavy atom. The molecule has 1 rings (SSSR count). The third-order valence-electron chi connectivity index (χ3n) is 2.63. The Morgan fingerprint density at radius 2 is 1.94 bits per heavy atom. The Balaban J connectivity index is 3.16. The lowest BCUT2D eigenvalue weighted by Crippen LogP contribution is -2.04. The van der Waals surface area contributed by atoms with Crippen LogP contribution < -0.4 is 4.74 Å². The summed E-state index contributed by atoms with van der Waals surface area (Å²) in [6, 6.07) is 5.57. The van der Waals surface area contributed by atoms with Gasteiger partial charge in [-0.1, -0.05) is 26.5 Å². The largest absolute Gasteiger partial charge is 0.496 e. The van der Waals surface area contributed by atoms with Crippen LogP contribution in [0.4, 0.5) is 0 Å². The number of benzene rings is 1. The van der Waals surface area contributed by atoms with Crippen molar-refractivity contribution in [2.75, 3.05) is 14.2 Å². The van der Waals surface area contributed by atoms with Gasteiger partial charge in [0.25, 0.3) is 0 Å². The number of carbonyl (C=O) groups excluding carboxylic acids is 1. The van der Waals surface area contributed by atoms with E-state index < -0.39 is 5.97 Å². The smallest absolute Gasteiger partial charge is 0.337 e. The Morgan fingerprint density at radius 3 is 2.41 bits per heavy atom. The van der Waals surface area contributed by atoms with E-state index in [4.69, 9.17) is 4.74 Å². The molecule has 3 heteroatoms. The van der Waals surface area contributed by atoms with Gasteiger partial charge in [0, 0.05) is 0 Å². The lowest BCUT2D eigenvalue weighted by atomic mass is 9.97. The van der Waals surface area contributed by atoms with Crippen molar-refractivity contribution in [2.24, 2.45) is 0 Å². The van der Waals surface area contributed by atoms with Gasteiger partial charge in [0.15, 0.2) is 0 Å². The highest BCUT2D eigenvalue weighted by Gasteiger charge is 2.13. The molecule has 0 aromatic heterocycles. The van der Waals surface area contributed by atoms with Crippen molar-refractivity contribution in [3.05, 3.63) is 35.9 Å². The monoisotopic (exact) mass is 234 g/mol. The molecule has 0 amide bonds. The number of carbonyl (C=O) groups is 1. The molecule has 0 fully saturated rings. The molecule has 92 valence electrons. The van der Waals surface area contributed by atoms with E-state index >= 15 is 0 Å². The van der Waals surface area contributed by atoms with Gasteiger partial charge in [-0.3, -0.25) is 0 Å². The molecule has 1 aromatic carbocycles. The van der Waals surface area contributed by atoms with Crippen molar-refractivity contribution in [1.82, 2.24) is 0 Å². The fourth-order valence-corrected chi connectivity index (χ4v) is 1.61. The molecule has 0 unspecified atom stereocenters. The normalized spacial score (nSPS) is 10.2. The summed E-state index contributed by atoms with van der Waals surface area (Å²) in [5.41, 5.74) is 2.17. The quantitative estimate of drug-likeness (QED) is 0.593. The van der Waals surface area contributed by atoms with Crippen LogP contribution in [0, 0.1) is 0 Å². The van der Waals surface area contributed by atoms with Crippen molar-refractivity contribution in [1.29, 1.82) is 0 Å². The van der Waals surface area contributed by atoms with Gasteiger partial charge < -0.3 is 9.47 Å². The highest BCUT2D eigenvalue weighted by Crippen LogP contribution is 2.29. The molecule has 17 heavy (non-hydrogen) atoms. The fraction of sp³-hybridized carbons (Fsp3) is 0.357. The van der Waals surface area contributed by atoms with Crippen molar-refractivity contribution >= 4 is 11.5 Å². The van der Waals surface area contributed by atoms with Crippen molar-refractivity contribution in [3.63, 3.8) is 0 Å². The summed E-state index contributed by atoms with van der Waals surface area (Å²) in [6.07, 6.45) is 0. The molecule has 0 bridgehead atoms. The number of rotatable bonds is 4. The first-order valence-electron chi connectivity index (χ1n) is 5.46. The van der Waals surface area contributed by atoms with E-state index in [0.29, 0.717) is 11.5 Å². The van der Waals surface area contributed by atoms with E-state index in [1.165, 1.54) is 7.11 Å². The van der Waals surface area contributed by atoms with Crippen LogP contribution in [0.2, 0.25) is 0 Å². The number of esters is 1. The SMILES string of the molecule is C=C(C(=O)OC)c1ccc(OC)c(C(C)C)c1. The molecule has 0 spiro atoms. The highest BCUT2D eigenvalue weighted by molar-refractivity contribution is 6.15. The molecule has 1 aromatic rings. The first kappa shape index (κ1) is 13.3. The lowest BCUT2D eigenvalue weighted by Gasteiger charge is -2.14. The summed E-state index contributed by atoms with van der Waals surface area (Å²) in [7, 11) is 2.98. The van der Waals surface area contributed by atoms with E-state index in [1.54, 1.807) is 7.11 Å². The van der Waals surface area contributed by atoms with E-state index in [1.807, 2.05) is 18.2 Å². The summed E-state index contributed by atoms with van der Waals surface area (Å²) in [6.45, 7) is 7.88. The van der Waals surface area contributed by atoms with Crippen LogP contribution in [0.15, 0.2) is 24.8 Å². The summed E-state index contributed by atoms with van der Waals surface area (Å²) < 4.78 is 9.94. The van der Waals surface area contributed by atoms with Crippen LogP contribution in [0.5, 0.6) is 5.75 Å². The third-order valence-corrected chi connectivity index (χ3v) is 2.63. The zero-order valence-corrected chi connectivity index (χ0v) is 10.7. The summed E-state index contributed by atoms with van der Waals surface area (Å²) in [5.74, 6) is 0.724. The summed E-state index contributed by atoms with van der Waals surface area (Å²) >= 11 is 0. The predicted molar refractivity (Wildman–Crippen MR) is 68.1 cm³/mol. The topological polar surface area (TPSA) is 35.5 Å². The molecule has 0 aliphatic rings. The molecule has 0 saturated carbocycles. The molecular weight excluding hydrogens is 216 g/mol. The highest BCUT2D eigenvalue weighted by atomic mass is 16.5. The Kier molecular flexibility index (Phi) is 4.32. The zero-order valence-electron chi connectivity index (χ0n) is 10.7. The van der Waals surface area contributed by atoms with Gasteiger partial charge in [0.05, 0.1) is 19.8 Å². The number of ether oxygens (including phenoxy) is 2.